The number of rotatable bonds is 4. The minimum Gasteiger partial charge on any atom is -0.392 e. The third kappa shape index (κ3) is 3.28. The molecule has 0 bridgehead atoms. The van der Waals surface area contributed by atoms with E-state index in [4.69, 9.17) is 5.11 Å². The molecule has 0 spiro atoms. The molecule has 4 nitrogen and oxygen atoms in total. The lowest BCUT2D eigenvalue weighted by atomic mass is 10.1. The van der Waals surface area contributed by atoms with Gasteiger partial charge in [0.05, 0.1) is 19.2 Å². The van der Waals surface area contributed by atoms with Crippen LogP contribution >= 0.6 is 0 Å². The summed E-state index contributed by atoms with van der Waals surface area (Å²) in [7, 11) is 2.05. The maximum Gasteiger partial charge on any atom is 0.194 e. The second kappa shape index (κ2) is 6.62. The molecule has 1 heterocycles. The van der Waals surface area contributed by atoms with E-state index in [0.29, 0.717) is 0 Å². The summed E-state index contributed by atoms with van der Waals surface area (Å²) in [6, 6.07) is 18.6. The first-order valence-corrected chi connectivity index (χ1v) is 7.52. The smallest absolute Gasteiger partial charge is 0.194 e. The molecule has 1 unspecified atom stereocenters. The lowest BCUT2D eigenvalue weighted by Gasteiger charge is -2.21. The fraction of sp³-hybridized carbons (Fsp3) is 0.278. The largest absolute Gasteiger partial charge is 0.392 e. The van der Waals surface area contributed by atoms with Crippen LogP contribution in [0.2, 0.25) is 0 Å². The SMILES string of the molecule is CN(Cc1ccccc1)C1=NCC(c2ccc(CO)cc2)N1. The minimum atomic E-state index is 0.0833. The molecule has 0 saturated heterocycles. The first-order valence-electron chi connectivity index (χ1n) is 7.52. The Hall–Kier alpha value is -2.33. The minimum absolute atomic E-state index is 0.0833. The summed E-state index contributed by atoms with van der Waals surface area (Å²) in [5, 5.41) is 12.6. The van der Waals surface area contributed by atoms with Gasteiger partial charge in [0.1, 0.15) is 0 Å². The molecule has 0 aliphatic carbocycles. The zero-order valence-corrected chi connectivity index (χ0v) is 12.7. The molecule has 0 saturated carbocycles. The molecule has 3 rings (SSSR count). The van der Waals surface area contributed by atoms with Gasteiger partial charge in [0.15, 0.2) is 5.96 Å². The molecule has 0 radical (unpaired) electrons. The predicted molar refractivity (Wildman–Crippen MR) is 88.5 cm³/mol. The zero-order valence-electron chi connectivity index (χ0n) is 12.7. The summed E-state index contributed by atoms with van der Waals surface area (Å²) in [6.07, 6.45) is 0. The quantitative estimate of drug-likeness (QED) is 0.910. The number of nitrogens with zero attached hydrogens (tertiary/aromatic N) is 2. The molecule has 2 N–H and O–H groups in total. The average molecular weight is 295 g/mol. The normalized spacial score (nSPS) is 17.0. The maximum atomic E-state index is 9.10. The van der Waals surface area contributed by atoms with Gasteiger partial charge in [-0.3, -0.25) is 4.99 Å². The molecule has 0 aromatic heterocycles. The van der Waals surface area contributed by atoms with Crippen molar-refractivity contribution in [2.45, 2.75) is 19.2 Å². The molecule has 1 aliphatic rings. The highest BCUT2D eigenvalue weighted by Gasteiger charge is 2.21. The van der Waals surface area contributed by atoms with Crippen LogP contribution in [0, 0.1) is 0 Å². The van der Waals surface area contributed by atoms with E-state index in [1.807, 2.05) is 18.2 Å². The molecule has 22 heavy (non-hydrogen) atoms. The van der Waals surface area contributed by atoms with E-state index >= 15 is 0 Å². The first-order chi connectivity index (χ1) is 10.8. The summed E-state index contributed by atoms with van der Waals surface area (Å²) in [5.74, 6) is 0.931. The molecule has 1 aliphatic heterocycles. The van der Waals surface area contributed by atoms with E-state index in [0.717, 1.165) is 24.6 Å². The lowest BCUT2D eigenvalue weighted by Crippen LogP contribution is -2.36. The number of hydrogen-bond donors (Lipinski definition) is 2. The Bertz CT molecular complexity index is 637. The number of benzene rings is 2. The number of aliphatic hydroxyl groups is 1. The monoisotopic (exact) mass is 295 g/mol. The fourth-order valence-corrected chi connectivity index (χ4v) is 2.63. The first kappa shape index (κ1) is 14.6. The van der Waals surface area contributed by atoms with Crippen LogP contribution in [0.25, 0.3) is 0 Å². The molecule has 1 atom stereocenters. The highest BCUT2D eigenvalue weighted by atomic mass is 16.3. The zero-order chi connectivity index (χ0) is 15.4. The van der Waals surface area contributed by atoms with Crippen molar-refractivity contribution in [3.63, 3.8) is 0 Å². The third-order valence-electron chi connectivity index (χ3n) is 3.92. The van der Waals surface area contributed by atoms with Crippen LogP contribution in [0.5, 0.6) is 0 Å². The number of nitrogens with one attached hydrogen (secondary N) is 1. The van der Waals surface area contributed by atoms with Gasteiger partial charge in [-0.05, 0) is 16.7 Å². The van der Waals surface area contributed by atoms with Gasteiger partial charge < -0.3 is 15.3 Å². The Morgan fingerprint density at radius 1 is 1.09 bits per heavy atom. The second-order valence-electron chi connectivity index (χ2n) is 5.60. The molecule has 0 amide bonds. The number of guanidine groups is 1. The van der Waals surface area contributed by atoms with Gasteiger partial charge in [0, 0.05) is 13.6 Å². The Morgan fingerprint density at radius 2 is 1.82 bits per heavy atom. The molecule has 114 valence electrons. The predicted octanol–water partition coefficient (Wildman–Crippen LogP) is 2.31. The molecule has 0 fully saturated rings. The second-order valence-corrected chi connectivity index (χ2v) is 5.60. The van der Waals surface area contributed by atoms with Crippen molar-refractivity contribution >= 4 is 5.96 Å². The van der Waals surface area contributed by atoms with Crippen molar-refractivity contribution < 1.29 is 5.11 Å². The Morgan fingerprint density at radius 3 is 2.50 bits per heavy atom. The number of aliphatic hydroxyl groups excluding tert-OH is 1. The van der Waals surface area contributed by atoms with Gasteiger partial charge in [0.2, 0.25) is 0 Å². The lowest BCUT2D eigenvalue weighted by molar-refractivity contribution is 0.282. The van der Waals surface area contributed by atoms with E-state index < -0.39 is 0 Å². The van der Waals surface area contributed by atoms with Crippen molar-refractivity contribution in [2.75, 3.05) is 13.6 Å². The summed E-state index contributed by atoms with van der Waals surface area (Å²) in [6.45, 7) is 1.66. The summed E-state index contributed by atoms with van der Waals surface area (Å²) in [4.78, 5) is 6.75. The van der Waals surface area contributed by atoms with Crippen molar-refractivity contribution in [2.24, 2.45) is 4.99 Å². The molecule has 2 aromatic rings. The van der Waals surface area contributed by atoms with Crippen LogP contribution in [0.1, 0.15) is 22.7 Å². The van der Waals surface area contributed by atoms with Gasteiger partial charge >= 0.3 is 0 Å². The average Bonchev–Trinajstić information content (AvgIpc) is 3.06. The van der Waals surface area contributed by atoms with E-state index in [2.05, 4.69) is 58.7 Å². The summed E-state index contributed by atoms with van der Waals surface area (Å²) >= 11 is 0. The third-order valence-corrected chi connectivity index (χ3v) is 3.92. The summed E-state index contributed by atoms with van der Waals surface area (Å²) in [5.41, 5.74) is 3.40. The molecular formula is C18H21N3O. The van der Waals surface area contributed by atoms with E-state index in [9.17, 15) is 0 Å². The van der Waals surface area contributed by atoms with Gasteiger partial charge in [-0.2, -0.15) is 0 Å². The number of aliphatic imine (C=N–C) groups is 1. The van der Waals surface area contributed by atoms with Gasteiger partial charge in [-0.15, -0.1) is 0 Å². The van der Waals surface area contributed by atoms with Crippen LogP contribution in [-0.2, 0) is 13.2 Å². The summed E-state index contributed by atoms with van der Waals surface area (Å²) < 4.78 is 0. The highest BCUT2D eigenvalue weighted by molar-refractivity contribution is 5.82. The molecule has 4 heteroatoms. The van der Waals surface area contributed by atoms with Crippen LogP contribution < -0.4 is 5.32 Å². The number of hydrogen-bond acceptors (Lipinski definition) is 4. The van der Waals surface area contributed by atoms with Gasteiger partial charge in [-0.25, -0.2) is 0 Å². The topological polar surface area (TPSA) is 47.9 Å². The van der Waals surface area contributed by atoms with E-state index in [1.54, 1.807) is 0 Å². The van der Waals surface area contributed by atoms with Gasteiger partial charge in [-0.1, -0.05) is 54.6 Å². The van der Waals surface area contributed by atoms with Crippen LogP contribution in [-0.4, -0.2) is 29.6 Å². The Labute approximate surface area is 131 Å². The highest BCUT2D eigenvalue weighted by Crippen LogP contribution is 2.19. The van der Waals surface area contributed by atoms with Crippen molar-refractivity contribution in [1.82, 2.24) is 10.2 Å². The van der Waals surface area contributed by atoms with Crippen LogP contribution in [0.3, 0.4) is 0 Å². The van der Waals surface area contributed by atoms with Crippen molar-refractivity contribution in [1.29, 1.82) is 0 Å². The standard InChI is InChI=1S/C18H21N3O/c1-21(12-14-5-3-2-4-6-14)18-19-11-17(20-18)16-9-7-15(13-22)8-10-16/h2-10,17,22H,11-13H2,1H3,(H,19,20). The van der Waals surface area contributed by atoms with Crippen LogP contribution in [0.15, 0.2) is 59.6 Å². The molecular weight excluding hydrogens is 274 g/mol. The van der Waals surface area contributed by atoms with E-state index in [1.165, 1.54) is 11.1 Å². The Balaban J connectivity index is 1.61. The van der Waals surface area contributed by atoms with Crippen LogP contribution in [0.4, 0.5) is 0 Å². The van der Waals surface area contributed by atoms with Crippen molar-refractivity contribution in [3.05, 3.63) is 71.3 Å². The van der Waals surface area contributed by atoms with Gasteiger partial charge in [0.25, 0.3) is 0 Å². The maximum absolute atomic E-state index is 9.10. The molecule has 2 aromatic carbocycles. The van der Waals surface area contributed by atoms with E-state index in [-0.39, 0.29) is 12.6 Å². The Kier molecular flexibility index (Phi) is 4.39. The van der Waals surface area contributed by atoms with Crippen molar-refractivity contribution in [3.8, 4) is 0 Å². The fourth-order valence-electron chi connectivity index (χ4n) is 2.63.